The maximum absolute atomic E-state index is 11.7. The highest BCUT2D eigenvalue weighted by molar-refractivity contribution is 6.01. The first-order valence-corrected chi connectivity index (χ1v) is 9.52. The van der Waals surface area contributed by atoms with Crippen LogP contribution in [0.4, 0.5) is 4.79 Å². The van der Waals surface area contributed by atoms with Crippen LogP contribution in [0.2, 0.25) is 0 Å². The number of carbonyl (C=O) groups excluding carboxylic acids is 2. The maximum atomic E-state index is 11.7. The summed E-state index contributed by atoms with van der Waals surface area (Å²) < 4.78 is 2.33. The normalized spacial score (nSPS) is 24.0. The van der Waals surface area contributed by atoms with E-state index in [2.05, 4.69) is 21.8 Å². The van der Waals surface area contributed by atoms with Gasteiger partial charge in [0.25, 0.3) is 0 Å². The highest BCUT2D eigenvalue weighted by atomic mass is 16.2. The number of imide groups is 1. The van der Waals surface area contributed by atoms with Crippen LogP contribution in [0.25, 0.3) is 0 Å². The molecule has 1 atom stereocenters. The zero-order valence-corrected chi connectivity index (χ0v) is 15.0. The van der Waals surface area contributed by atoms with Crippen molar-refractivity contribution in [1.29, 1.82) is 0 Å². The summed E-state index contributed by atoms with van der Waals surface area (Å²) in [7, 11) is 2.16. The number of hydrogen-bond acceptors (Lipinski definition) is 4. The molecule has 0 spiro atoms. The van der Waals surface area contributed by atoms with Crippen LogP contribution in [0.3, 0.4) is 0 Å². The minimum atomic E-state index is -0.250. The summed E-state index contributed by atoms with van der Waals surface area (Å²) in [5.41, 5.74) is 2.72. The van der Waals surface area contributed by atoms with E-state index in [1.54, 1.807) is 0 Å². The minimum Gasteiger partial charge on any atom is -0.334 e. The highest BCUT2D eigenvalue weighted by Crippen LogP contribution is 2.33. The summed E-state index contributed by atoms with van der Waals surface area (Å²) in [5, 5.41) is 2.58. The number of aryl methyl sites for hydroxylation is 1. The second kappa shape index (κ2) is 6.78. The minimum absolute atomic E-state index is 0.111. The highest BCUT2D eigenvalue weighted by Gasteiger charge is 2.32. The molecule has 1 N–H and O–H groups in total. The van der Waals surface area contributed by atoms with Crippen molar-refractivity contribution in [1.82, 2.24) is 24.7 Å². The van der Waals surface area contributed by atoms with E-state index < -0.39 is 0 Å². The van der Waals surface area contributed by atoms with E-state index in [4.69, 9.17) is 4.98 Å². The Balaban J connectivity index is 1.40. The number of rotatable bonds is 5. The molecule has 25 heavy (non-hydrogen) atoms. The molecule has 1 aromatic rings. The number of urea groups is 1. The summed E-state index contributed by atoms with van der Waals surface area (Å²) in [6.45, 7) is 2.62. The molecular weight excluding hydrogens is 318 g/mol. The molecule has 0 radical (unpaired) electrons. The third-order valence-electron chi connectivity index (χ3n) is 5.83. The van der Waals surface area contributed by atoms with E-state index in [1.807, 2.05) is 0 Å². The molecule has 0 aromatic carbocycles. The zero-order chi connectivity index (χ0) is 17.4. The van der Waals surface area contributed by atoms with Gasteiger partial charge in [0.05, 0.1) is 18.3 Å². The molecule has 4 rings (SSSR count). The smallest absolute Gasteiger partial charge is 0.324 e. The topological polar surface area (TPSA) is 70.5 Å². The van der Waals surface area contributed by atoms with Gasteiger partial charge < -0.3 is 9.88 Å². The Bertz CT molecular complexity index is 667. The van der Waals surface area contributed by atoms with Crippen LogP contribution in [-0.4, -0.2) is 57.5 Å². The number of nitrogens with one attached hydrogen (secondary N) is 1. The first kappa shape index (κ1) is 16.6. The van der Waals surface area contributed by atoms with Gasteiger partial charge in [0, 0.05) is 25.8 Å². The zero-order valence-electron chi connectivity index (χ0n) is 15.0. The van der Waals surface area contributed by atoms with Gasteiger partial charge in [0.2, 0.25) is 5.91 Å². The number of likely N-dealkylation sites (tertiary alicyclic amines) is 1. The van der Waals surface area contributed by atoms with Crippen molar-refractivity contribution in [3.63, 3.8) is 0 Å². The molecule has 1 aliphatic carbocycles. The van der Waals surface area contributed by atoms with Gasteiger partial charge in [-0.15, -0.1) is 0 Å². The molecule has 0 saturated carbocycles. The van der Waals surface area contributed by atoms with Crippen molar-refractivity contribution in [2.45, 2.75) is 51.0 Å². The van der Waals surface area contributed by atoms with Crippen molar-refractivity contribution in [2.24, 2.45) is 7.05 Å². The molecule has 136 valence electrons. The number of hydrogen-bond donors (Lipinski definition) is 1. The quantitative estimate of drug-likeness (QED) is 0.819. The van der Waals surface area contributed by atoms with Gasteiger partial charge in [-0.3, -0.25) is 14.6 Å². The van der Waals surface area contributed by atoms with Crippen LogP contribution >= 0.6 is 0 Å². The first-order valence-electron chi connectivity index (χ1n) is 9.52. The average molecular weight is 345 g/mol. The van der Waals surface area contributed by atoms with Gasteiger partial charge in [-0.25, -0.2) is 9.78 Å². The first-order chi connectivity index (χ1) is 12.1. The van der Waals surface area contributed by atoms with Gasteiger partial charge in [-0.05, 0) is 51.5 Å². The lowest BCUT2D eigenvalue weighted by Crippen LogP contribution is -2.34. The van der Waals surface area contributed by atoms with Crippen LogP contribution in [0.15, 0.2) is 0 Å². The number of aromatic nitrogens is 2. The Labute approximate surface area is 148 Å². The Morgan fingerprint density at radius 3 is 2.76 bits per heavy atom. The number of nitrogens with zero attached hydrogens (tertiary/aromatic N) is 4. The van der Waals surface area contributed by atoms with E-state index in [0.29, 0.717) is 12.6 Å². The van der Waals surface area contributed by atoms with Crippen LogP contribution in [-0.2, 0) is 24.7 Å². The molecule has 3 aliphatic rings. The summed E-state index contributed by atoms with van der Waals surface area (Å²) in [4.78, 5) is 32.1. The molecule has 2 fully saturated rings. The van der Waals surface area contributed by atoms with E-state index in [9.17, 15) is 9.59 Å². The number of imidazole rings is 1. The van der Waals surface area contributed by atoms with E-state index in [1.165, 1.54) is 41.4 Å². The molecule has 2 aliphatic heterocycles. The Kier molecular flexibility index (Phi) is 4.50. The molecule has 0 bridgehead atoms. The Morgan fingerprint density at radius 2 is 2.00 bits per heavy atom. The van der Waals surface area contributed by atoms with Gasteiger partial charge in [0.15, 0.2) is 0 Å². The van der Waals surface area contributed by atoms with Gasteiger partial charge in [0.1, 0.15) is 5.82 Å². The van der Waals surface area contributed by atoms with Crippen molar-refractivity contribution < 1.29 is 9.59 Å². The summed E-state index contributed by atoms with van der Waals surface area (Å²) in [5.74, 6) is 1.10. The van der Waals surface area contributed by atoms with Gasteiger partial charge in [-0.2, -0.15) is 0 Å². The number of carbonyl (C=O) groups is 2. The molecule has 2 saturated heterocycles. The summed E-state index contributed by atoms with van der Waals surface area (Å²) in [6, 6.07) is 0.124. The van der Waals surface area contributed by atoms with Crippen molar-refractivity contribution in [3.8, 4) is 0 Å². The average Bonchev–Trinajstić information content (AvgIpc) is 3.29. The molecule has 1 unspecified atom stereocenters. The van der Waals surface area contributed by atoms with Crippen molar-refractivity contribution in [3.05, 3.63) is 17.2 Å². The summed E-state index contributed by atoms with van der Waals surface area (Å²) in [6.07, 6.45) is 7.94. The molecule has 3 amide bonds. The van der Waals surface area contributed by atoms with Gasteiger partial charge in [-0.1, -0.05) is 0 Å². The maximum Gasteiger partial charge on any atom is 0.324 e. The van der Waals surface area contributed by atoms with E-state index >= 15 is 0 Å². The van der Waals surface area contributed by atoms with E-state index in [0.717, 1.165) is 38.8 Å². The predicted molar refractivity (Wildman–Crippen MR) is 93.1 cm³/mol. The largest absolute Gasteiger partial charge is 0.334 e. The van der Waals surface area contributed by atoms with Crippen molar-refractivity contribution >= 4 is 11.9 Å². The molecule has 7 nitrogen and oxygen atoms in total. The molecule has 3 heterocycles. The fraction of sp³-hybridized carbons (Fsp3) is 0.722. The SMILES string of the molecule is Cn1c(C2CCCN2CCCN2C(=O)CNC2=O)nc2c1CCCC2. The van der Waals surface area contributed by atoms with Crippen LogP contribution < -0.4 is 5.32 Å². The number of fused-ring (bicyclic) bond motifs is 1. The standard InChI is InChI=1S/C18H27N5O2/c1-21-14-7-3-2-6-13(14)20-17(21)15-8-4-9-22(15)10-5-11-23-16(24)12-19-18(23)25/h15H,2-12H2,1H3,(H,19,25). The monoisotopic (exact) mass is 345 g/mol. The van der Waals surface area contributed by atoms with Crippen LogP contribution in [0.1, 0.15) is 55.4 Å². The molecular formula is C18H27N5O2. The van der Waals surface area contributed by atoms with Gasteiger partial charge >= 0.3 is 6.03 Å². The molecule has 7 heteroatoms. The van der Waals surface area contributed by atoms with Crippen LogP contribution in [0, 0.1) is 0 Å². The Morgan fingerprint density at radius 1 is 1.16 bits per heavy atom. The third-order valence-corrected chi connectivity index (χ3v) is 5.83. The Hall–Kier alpha value is -1.89. The lowest BCUT2D eigenvalue weighted by Gasteiger charge is -2.25. The van der Waals surface area contributed by atoms with Crippen LogP contribution in [0.5, 0.6) is 0 Å². The summed E-state index contributed by atoms with van der Waals surface area (Å²) >= 11 is 0. The predicted octanol–water partition coefficient (Wildman–Crippen LogP) is 1.38. The fourth-order valence-electron chi connectivity index (χ4n) is 4.50. The second-order valence-corrected chi connectivity index (χ2v) is 7.38. The number of amides is 3. The lowest BCUT2D eigenvalue weighted by molar-refractivity contribution is -0.125. The molecule has 1 aromatic heterocycles. The van der Waals surface area contributed by atoms with Crippen molar-refractivity contribution in [2.75, 3.05) is 26.2 Å². The second-order valence-electron chi connectivity index (χ2n) is 7.38. The van der Waals surface area contributed by atoms with E-state index in [-0.39, 0.29) is 18.5 Å². The fourth-order valence-corrected chi connectivity index (χ4v) is 4.50. The third kappa shape index (κ3) is 3.05. The lowest BCUT2D eigenvalue weighted by atomic mass is 10.0.